The first-order chi connectivity index (χ1) is 12.3. The van der Waals surface area contributed by atoms with E-state index < -0.39 is 0 Å². The van der Waals surface area contributed by atoms with E-state index in [0.29, 0.717) is 0 Å². The molecule has 0 radical (unpaired) electrons. The smallest absolute Gasteiger partial charge is 0.187 e. The van der Waals surface area contributed by atoms with Crippen LogP contribution in [-0.4, -0.2) is 21.6 Å². The highest BCUT2D eigenvalue weighted by Crippen LogP contribution is 2.28. The van der Waals surface area contributed by atoms with Gasteiger partial charge in [-0.15, -0.1) is 11.3 Å². The molecule has 0 fully saturated rings. The van der Waals surface area contributed by atoms with Crippen LogP contribution in [0.5, 0.6) is 5.75 Å². The third-order valence-electron chi connectivity index (χ3n) is 3.79. The van der Waals surface area contributed by atoms with E-state index in [-0.39, 0.29) is 0 Å². The molecule has 6 heteroatoms. The Kier molecular flexibility index (Phi) is 4.18. The number of nitrogens with zero attached hydrogens (tertiary/aromatic N) is 3. The lowest BCUT2D eigenvalue weighted by atomic mass is 10.1. The fraction of sp³-hybridized carbons (Fsp3) is 0.0526. The number of hydrogen-bond donors (Lipinski definition) is 1. The minimum absolute atomic E-state index is 0.817. The van der Waals surface area contributed by atoms with E-state index in [1.807, 2.05) is 35.0 Å². The third-order valence-corrected chi connectivity index (χ3v) is 4.55. The molecule has 0 aliphatic carbocycles. The molecule has 0 aliphatic heterocycles. The largest absolute Gasteiger partial charge is 0.497 e. The Morgan fingerprint density at radius 3 is 2.76 bits per heavy atom. The number of methoxy groups -OCH3 is 1. The predicted octanol–water partition coefficient (Wildman–Crippen LogP) is 4.75. The van der Waals surface area contributed by atoms with Gasteiger partial charge in [-0.25, -0.2) is 9.97 Å². The van der Waals surface area contributed by atoms with Crippen molar-refractivity contribution < 1.29 is 4.74 Å². The SMILES string of the molecule is COc1cccc(Nc2nc(-c3ccc(-n4ccnc4)cc3)cs2)c1. The molecule has 0 spiro atoms. The second-order valence-corrected chi connectivity index (χ2v) is 6.27. The van der Waals surface area contributed by atoms with Crippen molar-refractivity contribution in [1.82, 2.24) is 14.5 Å². The van der Waals surface area contributed by atoms with Crippen LogP contribution >= 0.6 is 11.3 Å². The average Bonchev–Trinajstić information content (AvgIpc) is 3.34. The van der Waals surface area contributed by atoms with Gasteiger partial charge < -0.3 is 14.6 Å². The fourth-order valence-electron chi connectivity index (χ4n) is 2.50. The second-order valence-electron chi connectivity index (χ2n) is 5.41. The van der Waals surface area contributed by atoms with Gasteiger partial charge in [0.15, 0.2) is 5.13 Å². The number of anilines is 2. The van der Waals surface area contributed by atoms with Crippen molar-refractivity contribution >= 4 is 22.2 Å². The van der Waals surface area contributed by atoms with Crippen LogP contribution in [0.2, 0.25) is 0 Å². The first kappa shape index (κ1) is 15.4. The normalized spacial score (nSPS) is 10.6. The van der Waals surface area contributed by atoms with Gasteiger partial charge >= 0.3 is 0 Å². The monoisotopic (exact) mass is 348 g/mol. The van der Waals surface area contributed by atoms with Crippen LogP contribution in [0.3, 0.4) is 0 Å². The summed E-state index contributed by atoms with van der Waals surface area (Å²) in [6.07, 6.45) is 5.48. The van der Waals surface area contributed by atoms with Crippen LogP contribution in [0.4, 0.5) is 10.8 Å². The summed E-state index contributed by atoms with van der Waals surface area (Å²) in [6, 6.07) is 16.1. The summed E-state index contributed by atoms with van der Waals surface area (Å²) in [7, 11) is 1.66. The Bertz CT molecular complexity index is 961. The molecule has 25 heavy (non-hydrogen) atoms. The first-order valence-electron chi connectivity index (χ1n) is 7.77. The van der Waals surface area contributed by atoms with Crippen LogP contribution in [0.1, 0.15) is 0 Å². The van der Waals surface area contributed by atoms with Gasteiger partial charge in [0, 0.05) is 40.8 Å². The first-order valence-corrected chi connectivity index (χ1v) is 8.65. The van der Waals surface area contributed by atoms with Crippen molar-refractivity contribution in [2.24, 2.45) is 0 Å². The maximum Gasteiger partial charge on any atom is 0.187 e. The number of thiazole rings is 1. The summed E-state index contributed by atoms with van der Waals surface area (Å²) in [5.41, 5.74) is 4.06. The Morgan fingerprint density at radius 1 is 1.12 bits per heavy atom. The van der Waals surface area contributed by atoms with Gasteiger partial charge in [-0.2, -0.15) is 0 Å². The van der Waals surface area contributed by atoms with Crippen molar-refractivity contribution in [3.8, 4) is 22.7 Å². The van der Waals surface area contributed by atoms with E-state index in [0.717, 1.165) is 33.5 Å². The quantitative estimate of drug-likeness (QED) is 0.565. The topological polar surface area (TPSA) is 52.0 Å². The van der Waals surface area contributed by atoms with E-state index in [4.69, 9.17) is 4.74 Å². The van der Waals surface area contributed by atoms with E-state index >= 15 is 0 Å². The molecule has 0 unspecified atom stereocenters. The number of imidazole rings is 1. The molecule has 1 N–H and O–H groups in total. The van der Waals surface area contributed by atoms with E-state index in [2.05, 4.69) is 44.9 Å². The van der Waals surface area contributed by atoms with Crippen LogP contribution in [0, 0.1) is 0 Å². The summed E-state index contributed by atoms with van der Waals surface area (Å²) in [6.45, 7) is 0. The van der Waals surface area contributed by atoms with Gasteiger partial charge in [0.1, 0.15) is 5.75 Å². The highest BCUT2D eigenvalue weighted by atomic mass is 32.1. The minimum atomic E-state index is 0.817. The number of rotatable bonds is 5. The summed E-state index contributed by atoms with van der Waals surface area (Å²) in [5.74, 6) is 0.817. The molecular formula is C19H16N4OS. The van der Waals surface area contributed by atoms with Gasteiger partial charge in [-0.1, -0.05) is 18.2 Å². The number of nitrogens with one attached hydrogen (secondary N) is 1. The minimum Gasteiger partial charge on any atom is -0.497 e. The van der Waals surface area contributed by atoms with Gasteiger partial charge in [0.25, 0.3) is 0 Å². The molecule has 2 heterocycles. The molecule has 4 aromatic rings. The second kappa shape index (κ2) is 6.78. The van der Waals surface area contributed by atoms with Crippen LogP contribution in [-0.2, 0) is 0 Å². The van der Waals surface area contributed by atoms with Gasteiger partial charge in [-0.3, -0.25) is 0 Å². The molecule has 2 aromatic carbocycles. The zero-order chi connectivity index (χ0) is 17.1. The lowest BCUT2D eigenvalue weighted by Gasteiger charge is -2.05. The molecule has 124 valence electrons. The van der Waals surface area contributed by atoms with E-state index in [1.165, 1.54) is 0 Å². The van der Waals surface area contributed by atoms with Crippen LogP contribution < -0.4 is 10.1 Å². The summed E-state index contributed by atoms with van der Waals surface area (Å²) in [5, 5.41) is 6.22. The van der Waals surface area contributed by atoms with Crippen molar-refractivity contribution in [3.63, 3.8) is 0 Å². The maximum absolute atomic E-state index is 5.25. The van der Waals surface area contributed by atoms with Gasteiger partial charge in [0.2, 0.25) is 0 Å². The molecule has 0 saturated carbocycles. The highest BCUT2D eigenvalue weighted by molar-refractivity contribution is 7.14. The molecule has 0 atom stereocenters. The van der Waals surface area contributed by atoms with Crippen LogP contribution in [0.25, 0.3) is 16.9 Å². The standard InChI is InChI=1S/C19H16N4OS/c1-24-17-4-2-3-15(11-17)21-19-22-18(12-25-19)14-5-7-16(8-6-14)23-10-9-20-13-23/h2-13H,1H3,(H,21,22). The Labute approximate surface area is 149 Å². The molecule has 4 rings (SSSR count). The van der Waals surface area contributed by atoms with Crippen molar-refractivity contribution in [3.05, 3.63) is 72.6 Å². The molecule has 0 bridgehead atoms. The maximum atomic E-state index is 5.25. The molecule has 5 nitrogen and oxygen atoms in total. The molecule has 0 saturated heterocycles. The van der Waals surface area contributed by atoms with Crippen LogP contribution in [0.15, 0.2) is 72.6 Å². The zero-order valence-electron chi connectivity index (χ0n) is 13.6. The number of hydrogen-bond acceptors (Lipinski definition) is 5. The number of ether oxygens (including phenoxy) is 1. The van der Waals surface area contributed by atoms with Crippen molar-refractivity contribution in [1.29, 1.82) is 0 Å². The lowest BCUT2D eigenvalue weighted by molar-refractivity contribution is 0.415. The Hall–Kier alpha value is -3.12. The van der Waals surface area contributed by atoms with Crippen molar-refractivity contribution in [2.45, 2.75) is 0 Å². The number of benzene rings is 2. The average molecular weight is 348 g/mol. The lowest BCUT2D eigenvalue weighted by Crippen LogP contribution is -1.91. The predicted molar refractivity (Wildman–Crippen MR) is 101 cm³/mol. The number of aromatic nitrogens is 3. The Balaban J connectivity index is 1.52. The molecular weight excluding hydrogens is 332 g/mol. The summed E-state index contributed by atoms with van der Waals surface area (Å²) >= 11 is 1.58. The third kappa shape index (κ3) is 3.39. The van der Waals surface area contributed by atoms with Gasteiger partial charge in [-0.05, 0) is 24.3 Å². The fourth-order valence-corrected chi connectivity index (χ4v) is 3.24. The molecule has 2 aromatic heterocycles. The highest BCUT2D eigenvalue weighted by Gasteiger charge is 2.06. The van der Waals surface area contributed by atoms with E-state index in [9.17, 15) is 0 Å². The van der Waals surface area contributed by atoms with Crippen molar-refractivity contribution in [2.75, 3.05) is 12.4 Å². The molecule has 0 amide bonds. The van der Waals surface area contributed by atoms with Gasteiger partial charge in [0.05, 0.1) is 19.1 Å². The molecule has 0 aliphatic rings. The zero-order valence-corrected chi connectivity index (χ0v) is 14.4. The Morgan fingerprint density at radius 2 is 2.00 bits per heavy atom. The summed E-state index contributed by atoms with van der Waals surface area (Å²) in [4.78, 5) is 8.74. The van der Waals surface area contributed by atoms with E-state index in [1.54, 1.807) is 31.0 Å². The summed E-state index contributed by atoms with van der Waals surface area (Å²) < 4.78 is 7.22.